The normalized spacial score (nSPS) is 10.6. The maximum atomic E-state index is 12.4. The van der Waals surface area contributed by atoms with E-state index in [9.17, 15) is 4.79 Å². The third kappa shape index (κ3) is 3.40. The number of rotatable bonds is 4. The van der Waals surface area contributed by atoms with Crippen molar-refractivity contribution < 1.29 is 4.79 Å². The summed E-state index contributed by atoms with van der Waals surface area (Å²) in [6.45, 7) is 3.85. The lowest BCUT2D eigenvalue weighted by atomic mass is 10.3. The molecule has 3 rings (SSSR count). The molecule has 4 nitrogen and oxygen atoms in total. The highest BCUT2D eigenvalue weighted by molar-refractivity contribution is 7.14. The predicted molar refractivity (Wildman–Crippen MR) is 90.9 cm³/mol. The van der Waals surface area contributed by atoms with Gasteiger partial charge in [0.2, 0.25) is 0 Å². The molecule has 3 aromatic rings. The SMILES string of the molecule is Cc1nc(Cc2nc(C)c(C(=O)Nc3ccccc3)s2)cs1. The molecule has 112 valence electrons. The van der Waals surface area contributed by atoms with Gasteiger partial charge < -0.3 is 5.32 Å². The van der Waals surface area contributed by atoms with E-state index in [1.165, 1.54) is 11.3 Å². The zero-order valence-corrected chi connectivity index (χ0v) is 13.9. The Kier molecular flexibility index (Phi) is 4.31. The second-order valence-corrected chi connectivity index (χ2v) is 7.02. The van der Waals surface area contributed by atoms with Crippen LogP contribution in [-0.2, 0) is 6.42 Å². The maximum Gasteiger partial charge on any atom is 0.267 e. The van der Waals surface area contributed by atoms with Crippen LogP contribution in [0.1, 0.15) is 31.1 Å². The van der Waals surface area contributed by atoms with Crippen LogP contribution in [-0.4, -0.2) is 15.9 Å². The number of thiazole rings is 2. The molecule has 0 spiro atoms. The number of aryl methyl sites for hydroxylation is 2. The molecular weight excluding hydrogens is 314 g/mol. The van der Waals surface area contributed by atoms with Gasteiger partial charge in [0, 0.05) is 17.5 Å². The lowest BCUT2D eigenvalue weighted by Gasteiger charge is -2.02. The number of para-hydroxylation sites is 1. The molecule has 22 heavy (non-hydrogen) atoms. The molecule has 1 amide bonds. The van der Waals surface area contributed by atoms with Crippen LogP contribution in [0.25, 0.3) is 0 Å². The number of carbonyl (C=O) groups excluding carboxylic acids is 1. The molecule has 0 unspecified atom stereocenters. The van der Waals surface area contributed by atoms with Crippen molar-refractivity contribution in [1.29, 1.82) is 0 Å². The van der Waals surface area contributed by atoms with Gasteiger partial charge in [-0.15, -0.1) is 22.7 Å². The molecule has 2 heterocycles. The van der Waals surface area contributed by atoms with E-state index in [0.29, 0.717) is 11.3 Å². The van der Waals surface area contributed by atoms with Gasteiger partial charge in [0.15, 0.2) is 0 Å². The van der Waals surface area contributed by atoms with E-state index in [-0.39, 0.29) is 5.91 Å². The number of benzene rings is 1. The molecule has 0 aliphatic carbocycles. The Morgan fingerprint density at radius 2 is 1.95 bits per heavy atom. The molecule has 1 N–H and O–H groups in total. The first kappa shape index (κ1) is 14.9. The van der Waals surface area contributed by atoms with E-state index < -0.39 is 0 Å². The summed E-state index contributed by atoms with van der Waals surface area (Å²) in [7, 11) is 0. The van der Waals surface area contributed by atoms with Gasteiger partial charge in [-0.25, -0.2) is 9.97 Å². The molecule has 0 fully saturated rings. The van der Waals surface area contributed by atoms with Gasteiger partial charge in [-0.1, -0.05) is 18.2 Å². The molecule has 0 radical (unpaired) electrons. The third-order valence-electron chi connectivity index (χ3n) is 3.08. The summed E-state index contributed by atoms with van der Waals surface area (Å²) in [5.74, 6) is -0.109. The summed E-state index contributed by atoms with van der Waals surface area (Å²) in [5, 5.41) is 6.90. The molecule has 0 saturated heterocycles. The summed E-state index contributed by atoms with van der Waals surface area (Å²) in [6.07, 6.45) is 0.675. The van der Waals surface area contributed by atoms with Gasteiger partial charge in [-0.05, 0) is 26.0 Å². The molecule has 2 aromatic heterocycles. The number of nitrogens with one attached hydrogen (secondary N) is 1. The van der Waals surface area contributed by atoms with Crippen molar-refractivity contribution in [3.8, 4) is 0 Å². The predicted octanol–water partition coefficient (Wildman–Crippen LogP) is 4.06. The number of carbonyl (C=O) groups is 1. The van der Waals surface area contributed by atoms with Crippen molar-refractivity contribution in [3.05, 3.63) is 62.0 Å². The monoisotopic (exact) mass is 329 g/mol. The van der Waals surface area contributed by atoms with E-state index in [0.717, 1.165) is 27.1 Å². The van der Waals surface area contributed by atoms with Crippen LogP contribution < -0.4 is 5.32 Å². The zero-order chi connectivity index (χ0) is 15.5. The molecular formula is C16H15N3OS2. The first-order chi connectivity index (χ1) is 10.6. The standard InChI is InChI=1S/C16H15N3OS2/c1-10-15(16(20)19-12-6-4-3-5-7-12)22-14(17-10)8-13-9-21-11(2)18-13/h3-7,9H,8H2,1-2H3,(H,19,20). The van der Waals surface area contributed by atoms with Crippen LogP contribution in [0.3, 0.4) is 0 Å². The smallest absolute Gasteiger partial charge is 0.267 e. The second kappa shape index (κ2) is 6.37. The number of nitrogens with zero attached hydrogens (tertiary/aromatic N) is 2. The summed E-state index contributed by atoms with van der Waals surface area (Å²) in [4.78, 5) is 22.0. The fourth-order valence-corrected chi connectivity index (χ4v) is 3.68. The van der Waals surface area contributed by atoms with Gasteiger partial charge in [-0.2, -0.15) is 0 Å². The molecule has 0 aliphatic rings. The van der Waals surface area contributed by atoms with E-state index in [1.807, 2.05) is 49.6 Å². The Labute approximate surface area is 136 Å². The van der Waals surface area contributed by atoms with Crippen molar-refractivity contribution >= 4 is 34.3 Å². The lowest BCUT2D eigenvalue weighted by molar-refractivity contribution is 0.103. The number of hydrogen-bond donors (Lipinski definition) is 1. The highest BCUT2D eigenvalue weighted by Crippen LogP contribution is 2.22. The Hall–Kier alpha value is -2.05. The highest BCUT2D eigenvalue weighted by Gasteiger charge is 2.16. The van der Waals surface area contributed by atoms with E-state index in [1.54, 1.807) is 11.3 Å². The quantitative estimate of drug-likeness (QED) is 0.785. The van der Waals surface area contributed by atoms with Crippen molar-refractivity contribution in [2.45, 2.75) is 20.3 Å². The van der Waals surface area contributed by atoms with Crippen molar-refractivity contribution in [2.75, 3.05) is 5.32 Å². The van der Waals surface area contributed by atoms with E-state index in [2.05, 4.69) is 15.3 Å². The molecule has 6 heteroatoms. The molecule has 0 bridgehead atoms. The third-order valence-corrected chi connectivity index (χ3v) is 5.06. The lowest BCUT2D eigenvalue weighted by Crippen LogP contribution is -2.11. The summed E-state index contributed by atoms with van der Waals surface area (Å²) >= 11 is 3.06. The van der Waals surface area contributed by atoms with Crippen LogP contribution in [0.5, 0.6) is 0 Å². The Morgan fingerprint density at radius 1 is 1.18 bits per heavy atom. The summed E-state index contributed by atoms with van der Waals surface area (Å²) in [5.41, 5.74) is 2.56. The number of aromatic nitrogens is 2. The second-order valence-electron chi connectivity index (χ2n) is 4.88. The average molecular weight is 329 g/mol. The van der Waals surface area contributed by atoms with Gasteiger partial charge >= 0.3 is 0 Å². The van der Waals surface area contributed by atoms with Gasteiger partial charge in [0.1, 0.15) is 4.88 Å². The Morgan fingerprint density at radius 3 is 2.64 bits per heavy atom. The van der Waals surface area contributed by atoms with E-state index in [4.69, 9.17) is 0 Å². The van der Waals surface area contributed by atoms with Crippen molar-refractivity contribution in [1.82, 2.24) is 9.97 Å². The van der Waals surface area contributed by atoms with Crippen LogP contribution in [0.4, 0.5) is 5.69 Å². The largest absolute Gasteiger partial charge is 0.321 e. The van der Waals surface area contributed by atoms with Crippen LogP contribution in [0.2, 0.25) is 0 Å². The topological polar surface area (TPSA) is 54.9 Å². The zero-order valence-electron chi connectivity index (χ0n) is 12.3. The minimum atomic E-state index is -0.109. The minimum Gasteiger partial charge on any atom is -0.321 e. The van der Waals surface area contributed by atoms with Crippen molar-refractivity contribution in [2.24, 2.45) is 0 Å². The minimum absolute atomic E-state index is 0.109. The summed E-state index contributed by atoms with van der Waals surface area (Å²) < 4.78 is 0. The average Bonchev–Trinajstić information content (AvgIpc) is 3.06. The van der Waals surface area contributed by atoms with Gasteiger partial charge in [-0.3, -0.25) is 4.79 Å². The molecule has 0 atom stereocenters. The first-order valence-corrected chi connectivity index (χ1v) is 8.55. The molecule has 0 saturated carbocycles. The molecule has 0 aliphatic heterocycles. The maximum absolute atomic E-state index is 12.4. The Bertz CT molecular complexity index is 793. The number of hydrogen-bond acceptors (Lipinski definition) is 5. The van der Waals surface area contributed by atoms with Crippen LogP contribution in [0.15, 0.2) is 35.7 Å². The van der Waals surface area contributed by atoms with Gasteiger partial charge in [0.25, 0.3) is 5.91 Å². The van der Waals surface area contributed by atoms with Crippen LogP contribution in [0, 0.1) is 13.8 Å². The van der Waals surface area contributed by atoms with Crippen molar-refractivity contribution in [3.63, 3.8) is 0 Å². The fourth-order valence-electron chi connectivity index (χ4n) is 2.09. The van der Waals surface area contributed by atoms with Gasteiger partial charge in [0.05, 0.1) is 21.4 Å². The first-order valence-electron chi connectivity index (χ1n) is 6.85. The molecule has 1 aromatic carbocycles. The Balaban J connectivity index is 1.75. The highest BCUT2D eigenvalue weighted by atomic mass is 32.1. The fraction of sp³-hybridized carbons (Fsp3) is 0.188. The van der Waals surface area contributed by atoms with E-state index >= 15 is 0 Å². The number of anilines is 1. The number of amides is 1. The summed E-state index contributed by atoms with van der Waals surface area (Å²) in [6, 6.07) is 9.44. The van der Waals surface area contributed by atoms with Crippen LogP contribution >= 0.6 is 22.7 Å².